The van der Waals surface area contributed by atoms with E-state index >= 15 is 0 Å². The molecule has 0 saturated carbocycles. The number of amides is 3. The zero-order valence-electron chi connectivity index (χ0n) is 17.7. The van der Waals surface area contributed by atoms with Crippen LogP contribution in [0.15, 0.2) is 23.1 Å². The number of fused-ring (bicyclic) bond motifs is 1. The summed E-state index contributed by atoms with van der Waals surface area (Å²) in [5.74, 6) is 0.286. The van der Waals surface area contributed by atoms with E-state index in [0.29, 0.717) is 17.1 Å². The molecule has 2 aliphatic rings. The molecule has 2 aromatic rings. The number of hydrogen-bond acceptors (Lipinski definition) is 9. The summed E-state index contributed by atoms with van der Waals surface area (Å²) in [5.41, 5.74) is 1.05. The van der Waals surface area contributed by atoms with Gasteiger partial charge < -0.3 is 14.8 Å². The smallest absolute Gasteiger partial charge is 0.312 e. The number of nitrogens with zero attached hydrogens (tertiary/aromatic N) is 4. The number of thioether (sulfide) groups is 1. The zero-order valence-corrected chi connectivity index (χ0v) is 18.5. The summed E-state index contributed by atoms with van der Waals surface area (Å²) in [5, 5.41) is 17.3. The van der Waals surface area contributed by atoms with Crippen molar-refractivity contribution < 1.29 is 28.8 Å². The molecule has 4 rings (SSSR count). The van der Waals surface area contributed by atoms with E-state index in [2.05, 4.69) is 10.4 Å². The van der Waals surface area contributed by atoms with Crippen LogP contribution in [-0.4, -0.2) is 56.5 Å². The first-order valence-corrected chi connectivity index (χ1v) is 10.7. The van der Waals surface area contributed by atoms with Crippen molar-refractivity contribution in [2.75, 3.05) is 19.9 Å². The first kappa shape index (κ1) is 22.3. The molecule has 172 valence electrons. The Bertz CT molecular complexity index is 1210. The number of aryl methyl sites for hydroxylation is 1. The first-order valence-electron chi connectivity index (χ1n) is 9.84. The van der Waals surface area contributed by atoms with Crippen LogP contribution in [0.4, 0.5) is 10.5 Å². The standard InChI is InChI=1S/C20H19N5O7S/c1-11-18(25(29)30)12(2)24(22-11)9-17(26)21-5-6-23-19(27)16(33-20(23)28)8-13-3-4-14-15(7-13)32-10-31-14/h3-4,7-8H,5-6,9-10H2,1-2H3,(H,21,26)/b16-8-. The fourth-order valence-electron chi connectivity index (χ4n) is 3.45. The molecule has 0 unspecified atom stereocenters. The molecule has 1 N–H and O–H groups in total. The Labute approximate surface area is 191 Å². The molecule has 1 fully saturated rings. The number of benzene rings is 1. The molecule has 0 bridgehead atoms. The number of imide groups is 1. The molecular weight excluding hydrogens is 454 g/mol. The van der Waals surface area contributed by atoms with Gasteiger partial charge in [0.25, 0.3) is 11.1 Å². The third-order valence-electron chi connectivity index (χ3n) is 5.04. The normalized spacial score (nSPS) is 16.1. The first-order chi connectivity index (χ1) is 15.7. The largest absolute Gasteiger partial charge is 0.454 e. The summed E-state index contributed by atoms with van der Waals surface area (Å²) in [6.45, 7) is 2.96. The van der Waals surface area contributed by atoms with Crippen molar-refractivity contribution in [1.29, 1.82) is 0 Å². The molecule has 1 saturated heterocycles. The van der Waals surface area contributed by atoms with Crippen LogP contribution < -0.4 is 14.8 Å². The minimum atomic E-state index is -0.539. The van der Waals surface area contributed by atoms with Crippen molar-refractivity contribution in [2.45, 2.75) is 20.4 Å². The Kier molecular flexibility index (Phi) is 6.05. The van der Waals surface area contributed by atoms with Crippen LogP contribution in [0.2, 0.25) is 0 Å². The van der Waals surface area contributed by atoms with Gasteiger partial charge in [0.15, 0.2) is 11.5 Å². The fraction of sp³-hybridized carbons (Fsp3) is 0.300. The maximum absolute atomic E-state index is 12.6. The molecule has 0 spiro atoms. The van der Waals surface area contributed by atoms with Crippen LogP contribution in [0.3, 0.4) is 0 Å². The Morgan fingerprint density at radius 1 is 1.30 bits per heavy atom. The van der Waals surface area contributed by atoms with Gasteiger partial charge in [-0.05, 0) is 49.4 Å². The lowest BCUT2D eigenvalue weighted by Crippen LogP contribution is -2.38. The maximum Gasteiger partial charge on any atom is 0.312 e. The van der Waals surface area contributed by atoms with Crippen LogP contribution in [0, 0.1) is 24.0 Å². The Hall–Kier alpha value is -3.87. The molecule has 33 heavy (non-hydrogen) atoms. The van der Waals surface area contributed by atoms with Crippen LogP contribution in [0.1, 0.15) is 17.0 Å². The monoisotopic (exact) mass is 473 g/mol. The SMILES string of the molecule is Cc1nn(CC(=O)NCCN2C(=O)S/C(=C\c3ccc4c(c3)OCO4)C2=O)c(C)c1[N+](=O)[O-]. The molecule has 1 aromatic carbocycles. The average molecular weight is 473 g/mol. The second-order valence-electron chi connectivity index (χ2n) is 7.23. The molecule has 13 heteroatoms. The fourth-order valence-corrected chi connectivity index (χ4v) is 4.32. The molecular formula is C20H19N5O7S. The number of nitrogens with one attached hydrogen (secondary N) is 1. The highest BCUT2D eigenvalue weighted by Gasteiger charge is 2.34. The Morgan fingerprint density at radius 2 is 2.06 bits per heavy atom. The van der Waals surface area contributed by atoms with E-state index in [-0.39, 0.29) is 48.4 Å². The second kappa shape index (κ2) is 8.94. The topological polar surface area (TPSA) is 146 Å². The van der Waals surface area contributed by atoms with Gasteiger partial charge in [0.05, 0.1) is 9.83 Å². The minimum Gasteiger partial charge on any atom is -0.454 e. The van der Waals surface area contributed by atoms with E-state index in [0.717, 1.165) is 16.7 Å². The molecule has 0 aliphatic carbocycles. The number of rotatable bonds is 7. The summed E-state index contributed by atoms with van der Waals surface area (Å²) in [7, 11) is 0. The van der Waals surface area contributed by atoms with Crippen LogP contribution >= 0.6 is 11.8 Å². The van der Waals surface area contributed by atoms with Gasteiger partial charge in [0, 0.05) is 13.1 Å². The third-order valence-corrected chi connectivity index (χ3v) is 5.95. The van der Waals surface area contributed by atoms with Gasteiger partial charge in [-0.15, -0.1) is 0 Å². The van der Waals surface area contributed by atoms with E-state index in [9.17, 15) is 24.5 Å². The summed E-state index contributed by atoms with van der Waals surface area (Å²) < 4.78 is 11.8. The van der Waals surface area contributed by atoms with E-state index in [4.69, 9.17) is 9.47 Å². The zero-order chi connectivity index (χ0) is 23.7. The number of aromatic nitrogens is 2. The summed E-state index contributed by atoms with van der Waals surface area (Å²) in [6, 6.07) is 5.20. The number of carbonyl (C=O) groups excluding carboxylic acids is 3. The van der Waals surface area contributed by atoms with Gasteiger partial charge in [0.2, 0.25) is 12.7 Å². The minimum absolute atomic E-state index is 0.00779. The van der Waals surface area contributed by atoms with E-state index in [1.807, 2.05) is 0 Å². The highest BCUT2D eigenvalue weighted by molar-refractivity contribution is 8.18. The Balaban J connectivity index is 1.33. The van der Waals surface area contributed by atoms with Crippen molar-refractivity contribution in [3.63, 3.8) is 0 Å². The lowest BCUT2D eigenvalue weighted by molar-refractivity contribution is -0.386. The number of ether oxygens (including phenoxy) is 2. The third kappa shape index (κ3) is 4.53. The van der Waals surface area contributed by atoms with E-state index < -0.39 is 22.0 Å². The van der Waals surface area contributed by atoms with Gasteiger partial charge >= 0.3 is 5.69 Å². The summed E-state index contributed by atoms with van der Waals surface area (Å²) in [4.78, 5) is 49.0. The predicted molar refractivity (Wildman–Crippen MR) is 117 cm³/mol. The van der Waals surface area contributed by atoms with Gasteiger partial charge in [-0.25, -0.2) is 0 Å². The molecule has 0 radical (unpaired) electrons. The van der Waals surface area contributed by atoms with Crippen molar-refractivity contribution in [1.82, 2.24) is 20.0 Å². The van der Waals surface area contributed by atoms with Gasteiger partial charge in [0.1, 0.15) is 17.9 Å². The van der Waals surface area contributed by atoms with Crippen molar-refractivity contribution in [3.05, 3.63) is 50.2 Å². The molecule has 3 heterocycles. The number of carbonyl (C=O) groups is 3. The van der Waals surface area contributed by atoms with Gasteiger partial charge in [-0.1, -0.05) is 6.07 Å². The summed E-state index contributed by atoms with van der Waals surface area (Å²) >= 11 is 0.816. The highest BCUT2D eigenvalue weighted by Crippen LogP contribution is 2.36. The predicted octanol–water partition coefficient (Wildman–Crippen LogP) is 1.99. The number of nitro groups is 1. The van der Waals surface area contributed by atoms with Crippen molar-refractivity contribution in [3.8, 4) is 11.5 Å². The Morgan fingerprint density at radius 3 is 2.79 bits per heavy atom. The molecule has 3 amide bonds. The van der Waals surface area contributed by atoms with Crippen LogP contribution in [0.25, 0.3) is 6.08 Å². The van der Waals surface area contributed by atoms with E-state index in [1.54, 1.807) is 24.3 Å². The molecule has 1 aromatic heterocycles. The molecule has 12 nitrogen and oxygen atoms in total. The van der Waals surface area contributed by atoms with Gasteiger partial charge in [-0.2, -0.15) is 5.10 Å². The molecule has 0 atom stereocenters. The number of hydrogen-bond donors (Lipinski definition) is 1. The van der Waals surface area contributed by atoms with Crippen molar-refractivity contribution in [2.24, 2.45) is 0 Å². The highest BCUT2D eigenvalue weighted by atomic mass is 32.2. The van der Waals surface area contributed by atoms with Crippen LogP contribution in [-0.2, 0) is 16.1 Å². The summed E-state index contributed by atoms with van der Waals surface area (Å²) in [6.07, 6.45) is 1.60. The lowest BCUT2D eigenvalue weighted by Gasteiger charge is -2.13. The van der Waals surface area contributed by atoms with E-state index in [1.165, 1.54) is 18.5 Å². The average Bonchev–Trinajstić information content (AvgIpc) is 3.40. The quantitative estimate of drug-likeness (QED) is 0.362. The molecule has 2 aliphatic heterocycles. The second-order valence-corrected chi connectivity index (χ2v) is 8.22. The van der Waals surface area contributed by atoms with Crippen molar-refractivity contribution >= 4 is 40.6 Å². The van der Waals surface area contributed by atoms with Gasteiger partial charge in [-0.3, -0.25) is 34.1 Å². The van der Waals surface area contributed by atoms with Crippen LogP contribution in [0.5, 0.6) is 11.5 Å². The maximum atomic E-state index is 12.6. The lowest BCUT2D eigenvalue weighted by atomic mass is 10.2.